The number of nitriles is 1. The van der Waals surface area contributed by atoms with Gasteiger partial charge in [-0.2, -0.15) is 10.4 Å². The van der Waals surface area contributed by atoms with Crippen molar-refractivity contribution < 1.29 is 9.53 Å². The van der Waals surface area contributed by atoms with Gasteiger partial charge < -0.3 is 4.74 Å². The molecule has 0 spiro atoms. The number of hydrogen-bond donors (Lipinski definition) is 0. The molecule has 4 rings (SSSR count). The Balaban J connectivity index is 1.36. The number of rotatable bonds is 6. The van der Waals surface area contributed by atoms with Crippen LogP contribution >= 0.6 is 0 Å². The van der Waals surface area contributed by atoms with Crippen molar-refractivity contribution in [3.05, 3.63) is 108 Å². The Hall–Kier alpha value is -4.24. The van der Waals surface area contributed by atoms with Crippen molar-refractivity contribution in [2.24, 2.45) is 0 Å². The summed E-state index contributed by atoms with van der Waals surface area (Å²) in [5, 5.41) is 13.3. The maximum Gasteiger partial charge on any atom is 0.338 e. The number of aromatic nitrogens is 3. The largest absolute Gasteiger partial charge is 0.457 e. The van der Waals surface area contributed by atoms with E-state index >= 15 is 0 Å². The van der Waals surface area contributed by atoms with Crippen LogP contribution in [0.2, 0.25) is 0 Å². The summed E-state index contributed by atoms with van der Waals surface area (Å²) in [6.07, 6.45) is 3.13. The van der Waals surface area contributed by atoms with Crippen LogP contribution in [-0.2, 0) is 17.9 Å². The van der Waals surface area contributed by atoms with Crippen LogP contribution in [-0.4, -0.2) is 20.7 Å². The molecule has 0 saturated heterocycles. The van der Waals surface area contributed by atoms with Gasteiger partial charge in [-0.15, -0.1) is 0 Å². The molecule has 6 heteroatoms. The first kappa shape index (κ1) is 19.1. The second-order valence-corrected chi connectivity index (χ2v) is 6.72. The molecule has 1 aromatic heterocycles. The van der Waals surface area contributed by atoms with Crippen LogP contribution in [0.25, 0.3) is 11.1 Å². The summed E-state index contributed by atoms with van der Waals surface area (Å²) in [6, 6.07) is 24.6. The van der Waals surface area contributed by atoms with Crippen molar-refractivity contribution in [1.29, 1.82) is 5.26 Å². The van der Waals surface area contributed by atoms with Gasteiger partial charge in [0.05, 0.1) is 23.7 Å². The molecule has 0 radical (unpaired) electrons. The fourth-order valence-electron chi connectivity index (χ4n) is 3.09. The number of esters is 1. The Labute approximate surface area is 174 Å². The van der Waals surface area contributed by atoms with Gasteiger partial charge >= 0.3 is 5.97 Å². The van der Waals surface area contributed by atoms with Gasteiger partial charge in [0.25, 0.3) is 0 Å². The molecule has 0 fully saturated rings. The third kappa shape index (κ3) is 4.42. The topological polar surface area (TPSA) is 80.8 Å². The average Bonchev–Trinajstić information content (AvgIpc) is 3.31. The number of carbonyl (C=O) groups excluding carboxylic acids is 1. The summed E-state index contributed by atoms with van der Waals surface area (Å²) in [7, 11) is 0. The lowest BCUT2D eigenvalue weighted by atomic mass is 9.99. The fraction of sp³-hybridized carbons (Fsp3) is 0.0833. The van der Waals surface area contributed by atoms with E-state index in [0.29, 0.717) is 17.7 Å². The Bertz CT molecular complexity index is 1180. The van der Waals surface area contributed by atoms with E-state index in [1.54, 1.807) is 29.2 Å². The van der Waals surface area contributed by atoms with Gasteiger partial charge in [-0.25, -0.2) is 14.5 Å². The maximum absolute atomic E-state index is 12.3. The van der Waals surface area contributed by atoms with Gasteiger partial charge in [0.15, 0.2) is 0 Å². The van der Waals surface area contributed by atoms with Crippen LogP contribution in [0, 0.1) is 11.3 Å². The molecule has 4 aromatic rings. The predicted octanol–water partition coefficient (Wildman–Crippen LogP) is 4.22. The molecule has 0 saturated carbocycles. The Morgan fingerprint density at radius 1 is 0.967 bits per heavy atom. The molecule has 0 atom stereocenters. The summed E-state index contributed by atoms with van der Waals surface area (Å²) < 4.78 is 7.15. The molecule has 0 aliphatic carbocycles. The van der Waals surface area contributed by atoms with E-state index in [0.717, 1.165) is 22.3 Å². The standard InChI is InChI=1S/C24H18N4O2/c25-13-22-3-1-2-4-23(22)20-9-7-19(8-10-20)15-30-24(29)21-11-5-18(6-12-21)14-28-17-26-16-27-28/h1-12,16-17H,14-15H2. The molecule has 0 bridgehead atoms. The highest BCUT2D eigenvalue weighted by Gasteiger charge is 2.09. The molecule has 0 N–H and O–H groups in total. The molecule has 6 nitrogen and oxygen atoms in total. The minimum Gasteiger partial charge on any atom is -0.457 e. The van der Waals surface area contributed by atoms with E-state index in [9.17, 15) is 10.1 Å². The normalized spacial score (nSPS) is 10.4. The summed E-state index contributed by atoms with van der Waals surface area (Å²) in [5.41, 5.74) is 4.86. The van der Waals surface area contributed by atoms with Crippen LogP contribution in [0.5, 0.6) is 0 Å². The first-order valence-electron chi connectivity index (χ1n) is 9.40. The average molecular weight is 394 g/mol. The lowest BCUT2D eigenvalue weighted by Crippen LogP contribution is -2.06. The lowest BCUT2D eigenvalue weighted by molar-refractivity contribution is 0.0472. The van der Waals surface area contributed by atoms with E-state index < -0.39 is 0 Å². The van der Waals surface area contributed by atoms with E-state index in [4.69, 9.17) is 4.74 Å². The van der Waals surface area contributed by atoms with E-state index in [2.05, 4.69) is 16.2 Å². The van der Waals surface area contributed by atoms with E-state index in [1.165, 1.54) is 6.33 Å². The molecule has 3 aromatic carbocycles. The molecule has 146 valence electrons. The summed E-state index contributed by atoms with van der Waals surface area (Å²) in [5.74, 6) is -0.374. The molecular weight excluding hydrogens is 376 g/mol. The van der Waals surface area contributed by atoms with E-state index in [-0.39, 0.29) is 12.6 Å². The molecular formula is C24H18N4O2. The summed E-state index contributed by atoms with van der Waals surface area (Å²) >= 11 is 0. The zero-order valence-electron chi connectivity index (χ0n) is 16.1. The smallest absolute Gasteiger partial charge is 0.338 e. The molecule has 1 heterocycles. The molecule has 30 heavy (non-hydrogen) atoms. The minimum absolute atomic E-state index is 0.180. The molecule has 0 unspecified atom stereocenters. The zero-order valence-corrected chi connectivity index (χ0v) is 16.1. The number of ether oxygens (including phenoxy) is 1. The molecule has 0 aliphatic rings. The molecule has 0 amide bonds. The van der Waals surface area contributed by atoms with Crippen molar-refractivity contribution in [3.8, 4) is 17.2 Å². The van der Waals surface area contributed by atoms with Crippen molar-refractivity contribution in [2.75, 3.05) is 0 Å². The van der Waals surface area contributed by atoms with Gasteiger partial charge in [-0.05, 0) is 40.5 Å². The van der Waals surface area contributed by atoms with Crippen molar-refractivity contribution in [1.82, 2.24) is 14.8 Å². The quantitative estimate of drug-likeness (QED) is 0.457. The maximum atomic E-state index is 12.3. The monoisotopic (exact) mass is 394 g/mol. The number of nitrogens with zero attached hydrogens (tertiary/aromatic N) is 4. The van der Waals surface area contributed by atoms with Crippen LogP contribution in [0.15, 0.2) is 85.5 Å². The van der Waals surface area contributed by atoms with Crippen LogP contribution in [0.1, 0.15) is 27.0 Å². The van der Waals surface area contributed by atoms with Crippen molar-refractivity contribution >= 4 is 5.97 Å². The van der Waals surface area contributed by atoms with Crippen molar-refractivity contribution in [2.45, 2.75) is 13.2 Å². The first-order chi connectivity index (χ1) is 14.7. The fourth-order valence-corrected chi connectivity index (χ4v) is 3.09. The van der Waals surface area contributed by atoms with Gasteiger partial charge in [0, 0.05) is 0 Å². The summed E-state index contributed by atoms with van der Waals surface area (Å²) in [6.45, 7) is 0.774. The highest BCUT2D eigenvalue weighted by Crippen LogP contribution is 2.23. The first-order valence-corrected chi connectivity index (χ1v) is 9.40. The Morgan fingerprint density at radius 2 is 1.70 bits per heavy atom. The number of carbonyl (C=O) groups is 1. The van der Waals surface area contributed by atoms with Gasteiger partial charge in [-0.1, -0.05) is 54.6 Å². The zero-order chi connectivity index (χ0) is 20.8. The van der Waals surface area contributed by atoms with Crippen molar-refractivity contribution in [3.63, 3.8) is 0 Å². The van der Waals surface area contributed by atoms with Gasteiger partial charge in [-0.3, -0.25) is 0 Å². The highest BCUT2D eigenvalue weighted by atomic mass is 16.5. The van der Waals surface area contributed by atoms with Gasteiger partial charge in [0.2, 0.25) is 0 Å². The second kappa shape index (κ2) is 8.84. The van der Waals surface area contributed by atoms with Crippen LogP contribution in [0.4, 0.5) is 0 Å². The highest BCUT2D eigenvalue weighted by molar-refractivity contribution is 5.89. The van der Waals surface area contributed by atoms with E-state index in [1.807, 2.05) is 54.6 Å². The summed E-state index contributed by atoms with van der Waals surface area (Å²) in [4.78, 5) is 16.2. The lowest BCUT2D eigenvalue weighted by Gasteiger charge is -2.08. The third-order valence-electron chi connectivity index (χ3n) is 4.68. The Kier molecular flexibility index (Phi) is 5.63. The van der Waals surface area contributed by atoms with Crippen LogP contribution in [0.3, 0.4) is 0 Å². The Morgan fingerprint density at radius 3 is 2.40 bits per heavy atom. The minimum atomic E-state index is -0.374. The molecule has 0 aliphatic heterocycles. The van der Waals surface area contributed by atoms with Crippen LogP contribution < -0.4 is 0 Å². The number of hydrogen-bond acceptors (Lipinski definition) is 5. The second-order valence-electron chi connectivity index (χ2n) is 6.72. The van der Waals surface area contributed by atoms with Gasteiger partial charge in [0.1, 0.15) is 19.3 Å². The third-order valence-corrected chi connectivity index (χ3v) is 4.68. The SMILES string of the molecule is N#Cc1ccccc1-c1ccc(COC(=O)c2ccc(Cn3cncn3)cc2)cc1. The predicted molar refractivity (Wildman–Crippen MR) is 111 cm³/mol. The number of benzene rings is 3.